The van der Waals surface area contributed by atoms with E-state index >= 15 is 0 Å². The normalized spacial score (nSPS) is 22.5. The van der Waals surface area contributed by atoms with Crippen LogP contribution in [0.15, 0.2) is 18.7 Å². The Morgan fingerprint density at radius 2 is 2.19 bits per heavy atom. The zero-order valence-electron chi connectivity index (χ0n) is 11.6. The third-order valence-corrected chi connectivity index (χ3v) is 3.33. The number of imidazole rings is 1. The van der Waals surface area contributed by atoms with Gasteiger partial charge in [0.2, 0.25) is 17.8 Å². The van der Waals surface area contributed by atoms with E-state index in [-0.39, 0.29) is 24.7 Å². The number of hydrogen-bond acceptors (Lipinski definition) is 8. The number of hydrogen-bond donors (Lipinski definition) is 2. The van der Waals surface area contributed by atoms with Crippen molar-refractivity contribution >= 4 is 11.9 Å². The van der Waals surface area contributed by atoms with E-state index in [1.807, 2.05) is 11.8 Å². The second kappa shape index (κ2) is 5.62. The van der Waals surface area contributed by atoms with E-state index in [0.717, 1.165) is 0 Å². The number of nitrogen functional groups attached to an aromatic ring is 1. The van der Waals surface area contributed by atoms with Crippen molar-refractivity contribution in [1.29, 1.82) is 0 Å². The lowest BCUT2D eigenvalue weighted by Crippen LogP contribution is -2.50. The van der Waals surface area contributed by atoms with Gasteiger partial charge < -0.3 is 20.5 Å². The second-order valence-corrected chi connectivity index (χ2v) is 4.90. The van der Waals surface area contributed by atoms with Gasteiger partial charge in [-0.3, -0.25) is 4.57 Å². The number of ether oxygens (including phenoxy) is 1. The van der Waals surface area contributed by atoms with E-state index in [9.17, 15) is 5.11 Å². The first kappa shape index (κ1) is 13.7. The van der Waals surface area contributed by atoms with E-state index in [2.05, 4.69) is 19.9 Å². The van der Waals surface area contributed by atoms with E-state index in [4.69, 9.17) is 10.5 Å². The van der Waals surface area contributed by atoms with E-state index in [1.165, 1.54) is 0 Å². The van der Waals surface area contributed by atoms with Crippen molar-refractivity contribution < 1.29 is 9.84 Å². The predicted octanol–water partition coefficient (Wildman–Crippen LogP) is -0.774. The molecule has 0 aliphatic carbocycles. The molecule has 0 saturated carbocycles. The highest BCUT2D eigenvalue weighted by molar-refractivity contribution is 5.39. The van der Waals surface area contributed by atoms with Crippen LogP contribution >= 0.6 is 0 Å². The van der Waals surface area contributed by atoms with Gasteiger partial charge in [0.25, 0.3) is 0 Å². The average molecular weight is 291 g/mol. The predicted molar refractivity (Wildman–Crippen MR) is 75.0 cm³/mol. The Morgan fingerprint density at radius 3 is 2.90 bits per heavy atom. The molecule has 21 heavy (non-hydrogen) atoms. The van der Waals surface area contributed by atoms with Crippen LogP contribution < -0.4 is 10.6 Å². The number of nitrogens with zero attached hydrogens (tertiary/aromatic N) is 6. The van der Waals surface area contributed by atoms with Crippen LogP contribution in [0.25, 0.3) is 5.95 Å². The summed E-state index contributed by atoms with van der Waals surface area (Å²) in [6, 6.07) is 0.0882. The summed E-state index contributed by atoms with van der Waals surface area (Å²) in [6.45, 7) is 2.96. The van der Waals surface area contributed by atoms with Crippen molar-refractivity contribution in [3.05, 3.63) is 18.7 Å². The van der Waals surface area contributed by atoms with Crippen LogP contribution in [0.3, 0.4) is 0 Å². The second-order valence-electron chi connectivity index (χ2n) is 4.90. The summed E-state index contributed by atoms with van der Waals surface area (Å²) >= 11 is 0. The Labute approximate surface area is 121 Å². The van der Waals surface area contributed by atoms with Gasteiger partial charge >= 0.3 is 0 Å². The van der Waals surface area contributed by atoms with E-state index in [0.29, 0.717) is 25.0 Å². The molecule has 1 fully saturated rings. The number of aliphatic hydroxyl groups is 1. The average Bonchev–Trinajstić information content (AvgIpc) is 3.01. The minimum Gasteiger partial charge on any atom is -0.394 e. The lowest BCUT2D eigenvalue weighted by Gasteiger charge is -2.37. The molecule has 2 aromatic rings. The fraction of sp³-hybridized carbons (Fsp3) is 0.500. The van der Waals surface area contributed by atoms with Gasteiger partial charge in [-0.05, 0) is 6.92 Å². The molecule has 1 aliphatic rings. The molecule has 3 N–H and O–H groups in total. The summed E-state index contributed by atoms with van der Waals surface area (Å²) in [5.41, 5.74) is 5.78. The van der Waals surface area contributed by atoms with Crippen LogP contribution in [-0.4, -0.2) is 61.5 Å². The summed E-state index contributed by atoms with van der Waals surface area (Å²) < 4.78 is 7.18. The van der Waals surface area contributed by atoms with Gasteiger partial charge in [-0.25, -0.2) is 4.98 Å². The quantitative estimate of drug-likeness (QED) is 0.757. The number of aliphatic hydroxyl groups excluding tert-OH is 1. The van der Waals surface area contributed by atoms with Crippen molar-refractivity contribution in [2.75, 3.05) is 30.4 Å². The molecule has 1 saturated heterocycles. The molecule has 2 unspecified atom stereocenters. The molecule has 3 rings (SSSR count). The number of anilines is 2. The molecule has 2 aromatic heterocycles. The minimum atomic E-state index is -0.254. The van der Waals surface area contributed by atoms with Crippen molar-refractivity contribution in [2.45, 2.75) is 19.1 Å². The molecule has 9 heteroatoms. The van der Waals surface area contributed by atoms with Gasteiger partial charge in [-0.1, -0.05) is 0 Å². The minimum absolute atomic E-state index is 0.0435. The van der Waals surface area contributed by atoms with Gasteiger partial charge in [0, 0.05) is 18.9 Å². The number of morpholine rings is 1. The number of rotatable bonds is 3. The largest absolute Gasteiger partial charge is 0.394 e. The summed E-state index contributed by atoms with van der Waals surface area (Å²) in [5.74, 6) is 1.03. The van der Waals surface area contributed by atoms with E-state index < -0.39 is 0 Å². The lowest BCUT2D eigenvalue weighted by molar-refractivity contribution is -0.0108. The zero-order chi connectivity index (χ0) is 14.8. The fourth-order valence-corrected chi connectivity index (χ4v) is 2.20. The van der Waals surface area contributed by atoms with Crippen molar-refractivity contribution in [1.82, 2.24) is 24.5 Å². The smallest absolute Gasteiger partial charge is 0.241 e. The Kier molecular flexibility index (Phi) is 3.67. The Morgan fingerprint density at radius 1 is 1.38 bits per heavy atom. The molecule has 2 atom stereocenters. The number of nitrogens with two attached hydrogens (primary N) is 1. The maximum Gasteiger partial charge on any atom is 0.241 e. The third kappa shape index (κ3) is 2.78. The molecule has 112 valence electrons. The Hall–Kier alpha value is -2.26. The summed E-state index contributed by atoms with van der Waals surface area (Å²) in [7, 11) is 0. The van der Waals surface area contributed by atoms with Crippen LogP contribution in [0.4, 0.5) is 11.9 Å². The summed E-state index contributed by atoms with van der Waals surface area (Å²) in [4.78, 5) is 18.7. The third-order valence-electron chi connectivity index (χ3n) is 3.33. The molecule has 0 spiro atoms. The van der Waals surface area contributed by atoms with Gasteiger partial charge in [0.1, 0.15) is 6.33 Å². The van der Waals surface area contributed by atoms with Crippen molar-refractivity contribution in [3.8, 4) is 5.95 Å². The first-order valence-electron chi connectivity index (χ1n) is 6.66. The van der Waals surface area contributed by atoms with Crippen LogP contribution in [-0.2, 0) is 4.74 Å². The van der Waals surface area contributed by atoms with E-state index in [1.54, 1.807) is 23.3 Å². The number of aromatic nitrogens is 5. The van der Waals surface area contributed by atoms with Crippen molar-refractivity contribution in [2.24, 2.45) is 0 Å². The van der Waals surface area contributed by atoms with Gasteiger partial charge in [0.05, 0.1) is 25.4 Å². The van der Waals surface area contributed by atoms with Crippen molar-refractivity contribution in [3.63, 3.8) is 0 Å². The van der Waals surface area contributed by atoms with Gasteiger partial charge in [0.15, 0.2) is 0 Å². The molecule has 3 heterocycles. The summed E-state index contributed by atoms with van der Waals surface area (Å²) in [6.07, 6.45) is 4.71. The van der Waals surface area contributed by atoms with Gasteiger partial charge in [-0.15, -0.1) is 0 Å². The highest BCUT2D eigenvalue weighted by Gasteiger charge is 2.28. The fourth-order valence-electron chi connectivity index (χ4n) is 2.20. The molecule has 0 bridgehead atoms. The Bertz CT molecular complexity index is 604. The maximum absolute atomic E-state index is 9.26. The molecular formula is C12H17N7O2. The topological polar surface area (TPSA) is 115 Å². The monoisotopic (exact) mass is 291 g/mol. The molecule has 0 amide bonds. The first-order chi connectivity index (χ1) is 10.2. The summed E-state index contributed by atoms with van der Waals surface area (Å²) in [5, 5.41) is 9.26. The van der Waals surface area contributed by atoms with Gasteiger partial charge in [-0.2, -0.15) is 15.0 Å². The molecule has 0 radical (unpaired) electrons. The lowest BCUT2D eigenvalue weighted by atomic mass is 10.2. The zero-order valence-corrected chi connectivity index (χ0v) is 11.6. The van der Waals surface area contributed by atoms with Crippen LogP contribution in [0.1, 0.15) is 6.92 Å². The highest BCUT2D eigenvalue weighted by atomic mass is 16.5. The highest BCUT2D eigenvalue weighted by Crippen LogP contribution is 2.19. The molecule has 0 aromatic carbocycles. The first-order valence-corrected chi connectivity index (χ1v) is 6.66. The Balaban J connectivity index is 1.94. The molecule has 1 aliphatic heterocycles. The molecule has 9 nitrogen and oxygen atoms in total. The van der Waals surface area contributed by atoms with Crippen LogP contribution in [0, 0.1) is 0 Å². The molecular weight excluding hydrogens is 274 g/mol. The SMILES string of the molecule is CC1COC(CO)CN1c1nc(N)nc(-n2ccnc2)n1. The van der Waals surface area contributed by atoms with Crippen LogP contribution in [0.5, 0.6) is 0 Å². The standard InChI is InChI=1S/C12H17N7O2/c1-8-6-21-9(5-20)4-19(8)12-16-10(13)15-11(17-12)18-3-2-14-7-18/h2-3,7-9,20H,4-6H2,1H3,(H2,13,15,16,17). The van der Waals surface area contributed by atoms with Crippen LogP contribution in [0.2, 0.25) is 0 Å². The maximum atomic E-state index is 9.26.